The summed E-state index contributed by atoms with van der Waals surface area (Å²) in [5.41, 5.74) is 1.05. The Morgan fingerprint density at radius 2 is 1.88 bits per heavy atom. The highest BCUT2D eigenvalue weighted by atomic mass is 16.5. The van der Waals surface area contributed by atoms with Crippen LogP contribution in [0.4, 0.5) is 0 Å². The largest absolute Gasteiger partial charge is 0.493 e. The first-order valence-corrected chi connectivity index (χ1v) is 6.01. The maximum atomic E-state index is 11.9. The zero-order valence-corrected chi connectivity index (χ0v) is 10.4. The van der Waals surface area contributed by atoms with E-state index in [1.807, 2.05) is 18.2 Å². The molecule has 3 nitrogen and oxygen atoms in total. The average molecular weight is 234 g/mol. The molecule has 17 heavy (non-hydrogen) atoms. The first-order valence-electron chi connectivity index (χ1n) is 6.01. The van der Waals surface area contributed by atoms with E-state index in [0.717, 1.165) is 24.8 Å². The van der Waals surface area contributed by atoms with Gasteiger partial charge in [-0.15, -0.1) is 0 Å². The minimum absolute atomic E-state index is 0.0450. The zero-order valence-electron chi connectivity index (χ0n) is 10.4. The van der Waals surface area contributed by atoms with E-state index in [0.29, 0.717) is 23.7 Å². The number of methoxy groups -OCH3 is 2. The fraction of sp³-hybridized carbons (Fsp3) is 0.500. The highest BCUT2D eigenvalue weighted by Gasteiger charge is 2.24. The minimum atomic E-state index is 0.0450. The molecular formula is C14H18O3. The number of ether oxygens (including phenoxy) is 2. The van der Waals surface area contributed by atoms with Crippen molar-refractivity contribution in [3.8, 4) is 11.5 Å². The van der Waals surface area contributed by atoms with Gasteiger partial charge >= 0.3 is 0 Å². The first kappa shape index (κ1) is 12.0. The molecule has 1 atom stereocenters. The van der Waals surface area contributed by atoms with Crippen LogP contribution in [0.5, 0.6) is 11.5 Å². The van der Waals surface area contributed by atoms with Crippen molar-refractivity contribution in [2.75, 3.05) is 14.2 Å². The van der Waals surface area contributed by atoms with Gasteiger partial charge in [-0.1, -0.05) is 12.5 Å². The fourth-order valence-corrected chi connectivity index (χ4v) is 2.41. The van der Waals surface area contributed by atoms with Crippen molar-refractivity contribution >= 4 is 5.78 Å². The highest BCUT2D eigenvalue weighted by molar-refractivity contribution is 5.86. The van der Waals surface area contributed by atoms with Crippen LogP contribution >= 0.6 is 0 Å². The van der Waals surface area contributed by atoms with Crippen molar-refractivity contribution in [2.45, 2.75) is 31.6 Å². The summed E-state index contributed by atoms with van der Waals surface area (Å²) < 4.78 is 10.5. The quantitative estimate of drug-likeness (QED) is 0.806. The Morgan fingerprint density at radius 1 is 1.12 bits per heavy atom. The Morgan fingerprint density at radius 3 is 2.53 bits per heavy atom. The molecule has 1 aromatic rings. The standard InChI is InChI=1S/C14H18O3/c1-16-13-8-7-10(9-14(13)17-2)11-5-3-4-6-12(11)15/h7-9,11H,3-6H2,1-2H3. The normalized spacial score (nSPS) is 20.1. The summed E-state index contributed by atoms with van der Waals surface area (Å²) >= 11 is 0. The van der Waals surface area contributed by atoms with Crippen LogP contribution in [0.25, 0.3) is 0 Å². The lowest BCUT2D eigenvalue weighted by molar-refractivity contribution is -0.121. The molecule has 3 heteroatoms. The number of ketones is 1. The van der Waals surface area contributed by atoms with Gasteiger partial charge < -0.3 is 9.47 Å². The van der Waals surface area contributed by atoms with Gasteiger partial charge in [0.2, 0.25) is 0 Å². The molecule has 2 rings (SSSR count). The Kier molecular flexibility index (Phi) is 3.67. The lowest BCUT2D eigenvalue weighted by Crippen LogP contribution is -2.17. The van der Waals surface area contributed by atoms with E-state index >= 15 is 0 Å². The first-order chi connectivity index (χ1) is 8.26. The molecule has 0 radical (unpaired) electrons. The van der Waals surface area contributed by atoms with Gasteiger partial charge in [0.15, 0.2) is 11.5 Å². The third-order valence-electron chi connectivity index (χ3n) is 3.36. The van der Waals surface area contributed by atoms with Crippen molar-refractivity contribution in [1.29, 1.82) is 0 Å². The summed E-state index contributed by atoms with van der Waals surface area (Å²) in [5.74, 6) is 1.80. The van der Waals surface area contributed by atoms with Crippen molar-refractivity contribution in [1.82, 2.24) is 0 Å². The molecule has 0 aromatic heterocycles. The second kappa shape index (κ2) is 5.21. The zero-order chi connectivity index (χ0) is 12.3. The van der Waals surface area contributed by atoms with E-state index in [1.165, 1.54) is 0 Å². The maximum absolute atomic E-state index is 11.9. The molecule has 0 saturated heterocycles. The van der Waals surface area contributed by atoms with Crippen molar-refractivity contribution < 1.29 is 14.3 Å². The molecule has 92 valence electrons. The second-order valence-corrected chi connectivity index (χ2v) is 4.38. The molecule has 1 aliphatic carbocycles. The molecule has 0 heterocycles. The van der Waals surface area contributed by atoms with Gasteiger partial charge in [0.25, 0.3) is 0 Å². The Balaban J connectivity index is 2.29. The predicted octanol–water partition coefficient (Wildman–Crippen LogP) is 2.93. The molecule has 1 unspecified atom stereocenters. The summed E-state index contributed by atoms with van der Waals surface area (Å²) in [7, 11) is 3.23. The van der Waals surface area contributed by atoms with Crippen LogP contribution in [0.1, 0.15) is 37.2 Å². The van der Waals surface area contributed by atoms with Crippen LogP contribution in [-0.2, 0) is 4.79 Å². The predicted molar refractivity (Wildman–Crippen MR) is 65.8 cm³/mol. The second-order valence-electron chi connectivity index (χ2n) is 4.38. The molecule has 0 aliphatic heterocycles. The van der Waals surface area contributed by atoms with Gasteiger partial charge in [0.05, 0.1) is 14.2 Å². The minimum Gasteiger partial charge on any atom is -0.493 e. The SMILES string of the molecule is COc1ccc(C2CCCCC2=O)cc1OC. The maximum Gasteiger partial charge on any atom is 0.161 e. The topological polar surface area (TPSA) is 35.5 Å². The third-order valence-corrected chi connectivity index (χ3v) is 3.36. The molecular weight excluding hydrogens is 216 g/mol. The van der Waals surface area contributed by atoms with Gasteiger partial charge in [0.1, 0.15) is 5.78 Å². The summed E-state index contributed by atoms with van der Waals surface area (Å²) in [6.45, 7) is 0. The summed E-state index contributed by atoms with van der Waals surface area (Å²) in [6, 6.07) is 5.76. The van der Waals surface area contributed by atoms with Crippen molar-refractivity contribution in [3.63, 3.8) is 0 Å². The number of hydrogen-bond acceptors (Lipinski definition) is 3. The van der Waals surface area contributed by atoms with Gasteiger partial charge in [-0.3, -0.25) is 4.79 Å². The van der Waals surface area contributed by atoms with Gasteiger partial charge in [-0.2, -0.15) is 0 Å². The van der Waals surface area contributed by atoms with Crippen LogP contribution in [0.3, 0.4) is 0 Å². The van der Waals surface area contributed by atoms with Gasteiger partial charge in [-0.05, 0) is 30.5 Å². The van der Waals surface area contributed by atoms with Gasteiger partial charge in [-0.25, -0.2) is 0 Å². The molecule has 0 bridgehead atoms. The summed E-state index contributed by atoms with van der Waals surface area (Å²) in [4.78, 5) is 11.9. The smallest absolute Gasteiger partial charge is 0.161 e. The van der Waals surface area contributed by atoms with Crippen LogP contribution in [-0.4, -0.2) is 20.0 Å². The van der Waals surface area contributed by atoms with E-state index in [1.54, 1.807) is 14.2 Å². The van der Waals surface area contributed by atoms with E-state index in [-0.39, 0.29) is 5.92 Å². The van der Waals surface area contributed by atoms with Crippen LogP contribution in [0.2, 0.25) is 0 Å². The van der Waals surface area contributed by atoms with Crippen molar-refractivity contribution in [3.05, 3.63) is 23.8 Å². The fourth-order valence-electron chi connectivity index (χ4n) is 2.41. The Labute approximate surface area is 102 Å². The molecule has 1 aromatic carbocycles. The summed E-state index contributed by atoms with van der Waals surface area (Å²) in [5, 5.41) is 0. The van der Waals surface area contributed by atoms with E-state index in [2.05, 4.69) is 0 Å². The third kappa shape index (κ3) is 2.43. The highest BCUT2D eigenvalue weighted by Crippen LogP contribution is 2.35. The average Bonchev–Trinajstić information content (AvgIpc) is 2.38. The monoisotopic (exact) mass is 234 g/mol. The van der Waals surface area contributed by atoms with Gasteiger partial charge in [0, 0.05) is 12.3 Å². The molecule has 1 aliphatic rings. The lowest BCUT2D eigenvalue weighted by atomic mass is 9.83. The number of Topliss-reactive ketones (excluding diaryl/α,β-unsaturated/α-hetero) is 1. The van der Waals surface area contributed by atoms with Crippen LogP contribution in [0, 0.1) is 0 Å². The molecule has 1 saturated carbocycles. The van der Waals surface area contributed by atoms with E-state index in [9.17, 15) is 4.79 Å². The number of hydrogen-bond donors (Lipinski definition) is 0. The van der Waals surface area contributed by atoms with Crippen LogP contribution < -0.4 is 9.47 Å². The van der Waals surface area contributed by atoms with Crippen LogP contribution in [0.15, 0.2) is 18.2 Å². The van der Waals surface area contributed by atoms with Crippen molar-refractivity contribution in [2.24, 2.45) is 0 Å². The number of carbonyl (C=O) groups is 1. The van der Waals surface area contributed by atoms with E-state index in [4.69, 9.17) is 9.47 Å². The van der Waals surface area contributed by atoms with E-state index < -0.39 is 0 Å². The lowest BCUT2D eigenvalue weighted by Gasteiger charge is -2.21. The summed E-state index contributed by atoms with van der Waals surface area (Å²) in [6.07, 6.45) is 3.82. The molecule has 0 amide bonds. The Bertz CT molecular complexity index is 412. The number of carbonyl (C=O) groups excluding carboxylic acids is 1. The Hall–Kier alpha value is -1.51. The number of benzene rings is 1. The number of rotatable bonds is 3. The molecule has 0 spiro atoms. The molecule has 0 N–H and O–H groups in total. The molecule has 1 fully saturated rings.